The normalized spacial score (nSPS) is 16.9. The molecule has 1 aromatic rings. The lowest BCUT2D eigenvalue weighted by Gasteiger charge is -2.15. The van der Waals surface area contributed by atoms with Crippen LogP contribution in [0.4, 0.5) is 0 Å². The van der Waals surface area contributed by atoms with Crippen LogP contribution >= 0.6 is 22.6 Å². The van der Waals surface area contributed by atoms with Gasteiger partial charge in [-0.3, -0.25) is 4.79 Å². The molecule has 1 atom stereocenters. The van der Waals surface area contributed by atoms with E-state index in [-0.39, 0.29) is 11.9 Å². The number of halogens is 1. The minimum Gasteiger partial charge on any atom is -0.348 e. The molecule has 1 aliphatic rings. The maximum atomic E-state index is 11.9. The first-order valence-corrected chi connectivity index (χ1v) is 6.55. The van der Waals surface area contributed by atoms with Crippen LogP contribution in [0, 0.1) is 9.49 Å². The van der Waals surface area contributed by atoms with Crippen molar-refractivity contribution in [3.63, 3.8) is 0 Å². The summed E-state index contributed by atoms with van der Waals surface area (Å²) < 4.78 is 1.07. The van der Waals surface area contributed by atoms with Crippen molar-refractivity contribution in [3.05, 3.63) is 33.4 Å². The van der Waals surface area contributed by atoms with Crippen molar-refractivity contribution < 1.29 is 4.79 Å². The Kier molecular flexibility index (Phi) is 3.81. The minimum absolute atomic E-state index is 0.0131. The van der Waals surface area contributed by atoms with E-state index in [1.54, 1.807) is 0 Å². The number of carbonyl (C=O) groups excluding carboxylic acids is 1. The van der Waals surface area contributed by atoms with Crippen molar-refractivity contribution >= 4 is 28.5 Å². The molecule has 0 aromatic heterocycles. The van der Waals surface area contributed by atoms with Crippen LogP contribution in [-0.2, 0) is 0 Å². The molecule has 1 aliphatic carbocycles. The van der Waals surface area contributed by atoms with Crippen molar-refractivity contribution in [2.24, 2.45) is 11.7 Å². The van der Waals surface area contributed by atoms with Crippen molar-refractivity contribution in [3.8, 4) is 0 Å². The first-order valence-electron chi connectivity index (χ1n) is 5.47. The molecule has 4 heteroatoms. The molecule has 86 valence electrons. The van der Waals surface area contributed by atoms with E-state index in [9.17, 15) is 4.79 Å². The van der Waals surface area contributed by atoms with Gasteiger partial charge in [-0.1, -0.05) is 6.07 Å². The number of nitrogens with two attached hydrogens (primary N) is 1. The van der Waals surface area contributed by atoms with Gasteiger partial charge in [0, 0.05) is 21.7 Å². The largest absolute Gasteiger partial charge is 0.348 e. The van der Waals surface area contributed by atoms with E-state index in [1.165, 1.54) is 12.8 Å². The fourth-order valence-corrected chi connectivity index (χ4v) is 2.29. The number of hydrogen-bond donors (Lipinski definition) is 2. The molecule has 1 amide bonds. The van der Waals surface area contributed by atoms with Gasteiger partial charge >= 0.3 is 0 Å². The molecule has 1 saturated carbocycles. The first kappa shape index (κ1) is 11.9. The van der Waals surface area contributed by atoms with Crippen molar-refractivity contribution in [2.75, 3.05) is 6.54 Å². The Balaban J connectivity index is 2.01. The van der Waals surface area contributed by atoms with Crippen molar-refractivity contribution in [2.45, 2.75) is 18.9 Å². The summed E-state index contributed by atoms with van der Waals surface area (Å²) in [5.74, 6) is 0.581. The lowest BCUT2D eigenvalue weighted by molar-refractivity contribution is 0.0933. The molecular formula is C12H15IN2O. The molecule has 16 heavy (non-hydrogen) atoms. The highest BCUT2D eigenvalue weighted by atomic mass is 127. The highest BCUT2D eigenvalue weighted by Gasteiger charge is 2.31. The van der Waals surface area contributed by atoms with E-state index in [0.29, 0.717) is 18.0 Å². The van der Waals surface area contributed by atoms with Crippen LogP contribution in [0.15, 0.2) is 24.3 Å². The van der Waals surface area contributed by atoms with E-state index >= 15 is 0 Å². The number of benzene rings is 1. The summed E-state index contributed by atoms with van der Waals surface area (Å²) in [6.45, 7) is 0.528. The van der Waals surface area contributed by atoms with E-state index in [0.717, 1.165) is 3.57 Å². The van der Waals surface area contributed by atoms with E-state index < -0.39 is 0 Å². The Morgan fingerprint density at radius 1 is 1.56 bits per heavy atom. The number of carbonyl (C=O) groups is 1. The van der Waals surface area contributed by atoms with Crippen LogP contribution in [0.2, 0.25) is 0 Å². The van der Waals surface area contributed by atoms with Crippen molar-refractivity contribution in [1.82, 2.24) is 5.32 Å². The average Bonchev–Trinajstić information content (AvgIpc) is 3.09. The van der Waals surface area contributed by atoms with Gasteiger partial charge in [0.25, 0.3) is 5.91 Å². The summed E-state index contributed by atoms with van der Waals surface area (Å²) in [5.41, 5.74) is 6.37. The van der Waals surface area contributed by atoms with Crippen LogP contribution in [-0.4, -0.2) is 18.5 Å². The van der Waals surface area contributed by atoms with Gasteiger partial charge in [-0.05, 0) is 59.5 Å². The van der Waals surface area contributed by atoms with Crippen LogP contribution < -0.4 is 11.1 Å². The van der Waals surface area contributed by atoms with Gasteiger partial charge in [0.05, 0.1) is 0 Å². The van der Waals surface area contributed by atoms with E-state index in [4.69, 9.17) is 5.73 Å². The fraction of sp³-hybridized carbons (Fsp3) is 0.417. The highest BCUT2D eigenvalue weighted by Crippen LogP contribution is 2.32. The Hall–Kier alpha value is -0.620. The number of nitrogens with one attached hydrogen (secondary N) is 1. The van der Waals surface area contributed by atoms with Gasteiger partial charge in [-0.25, -0.2) is 0 Å². The predicted molar refractivity (Wildman–Crippen MR) is 72.2 cm³/mol. The zero-order valence-corrected chi connectivity index (χ0v) is 11.1. The molecule has 0 saturated heterocycles. The smallest absolute Gasteiger partial charge is 0.251 e. The van der Waals surface area contributed by atoms with E-state index in [1.807, 2.05) is 24.3 Å². The van der Waals surface area contributed by atoms with E-state index in [2.05, 4.69) is 27.9 Å². The Morgan fingerprint density at radius 3 is 2.88 bits per heavy atom. The van der Waals surface area contributed by atoms with Crippen LogP contribution in [0.1, 0.15) is 23.2 Å². The fourth-order valence-electron chi connectivity index (χ4n) is 1.75. The maximum Gasteiger partial charge on any atom is 0.251 e. The lowest BCUT2D eigenvalue weighted by Crippen LogP contribution is -2.41. The summed E-state index contributed by atoms with van der Waals surface area (Å²) in [6.07, 6.45) is 2.38. The SMILES string of the molecule is NCC(NC(=O)c1cccc(I)c1)C1CC1. The predicted octanol–water partition coefficient (Wildman–Crippen LogP) is 1.76. The summed E-state index contributed by atoms with van der Waals surface area (Å²) in [4.78, 5) is 11.9. The zero-order valence-electron chi connectivity index (χ0n) is 8.95. The molecule has 3 N–H and O–H groups in total. The van der Waals surface area contributed by atoms with Crippen LogP contribution in [0.25, 0.3) is 0 Å². The van der Waals surface area contributed by atoms with Gasteiger partial charge in [0.15, 0.2) is 0 Å². The van der Waals surface area contributed by atoms with Gasteiger partial charge in [-0.15, -0.1) is 0 Å². The minimum atomic E-state index is -0.0131. The summed E-state index contributed by atoms with van der Waals surface area (Å²) in [7, 11) is 0. The lowest BCUT2D eigenvalue weighted by atomic mass is 10.1. The molecule has 1 aromatic carbocycles. The topological polar surface area (TPSA) is 55.1 Å². The Bertz CT molecular complexity index is 390. The summed E-state index contributed by atoms with van der Waals surface area (Å²) in [6, 6.07) is 7.73. The molecule has 1 fully saturated rings. The second-order valence-corrected chi connectivity index (χ2v) is 5.41. The van der Waals surface area contributed by atoms with Crippen molar-refractivity contribution in [1.29, 1.82) is 0 Å². The molecule has 0 aliphatic heterocycles. The third-order valence-corrected chi connectivity index (χ3v) is 3.52. The van der Waals surface area contributed by atoms with Gasteiger partial charge in [0.1, 0.15) is 0 Å². The summed E-state index contributed by atoms with van der Waals surface area (Å²) in [5, 5.41) is 3.00. The first-order chi connectivity index (χ1) is 7.70. The number of rotatable bonds is 4. The van der Waals surface area contributed by atoms with Crippen LogP contribution in [0.3, 0.4) is 0 Å². The molecule has 3 nitrogen and oxygen atoms in total. The standard InChI is InChI=1S/C12H15IN2O/c13-10-3-1-2-9(6-10)12(16)15-11(7-14)8-4-5-8/h1-3,6,8,11H,4-5,7,14H2,(H,15,16). The molecule has 0 spiro atoms. The zero-order chi connectivity index (χ0) is 11.5. The molecule has 0 bridgehead atoms. The molecule has 0 heterocycles. The third-order valence-electron chi connectivity index (χ3n) is 2.85. The third kappa shape index (κ3) is 2.95. The second-order valence-electron chi connectivity index (χ2n) is 4.16. The average molecular weight is 330 g/mol. The second kappa shape index (κ2) is 5.14. The number of hydrogen-bond acceptors (Lipinski definition) is 2. The van der Waals surface area contributed by atoms with Gasteiger partial charge in [-0.2, -0.15) is 0 Å². The van der Waals surface area contributed by atoms with Gasteiger partial charge in [0.2, 0.25) is 0 Å². The quantitative estimate of drug-likeness (QED) is 0.827. The molecule has 0 radical (unpaired) electrons. The molecule has 1 unspecified atom stereocenters. The molecule has 2 rings (SSSR count). The highest BCUT2D eigenvalue weighted by molar-refractivity contribution is 14.1. The summed E-state index contributed by atoms with van der Waals surface area (Å²) >= 11 is 2.20. The maximum absolute atomic E-state index is 11.9. The molecular weight excluding hydrogens is 315 g/mol. The van der Waals surface area contributed by atoms with Gasteiger partial charge < -0.3 is 11.1 Å². The van der Waals surface area contributed by atoms with Crippen LogP contribution in [0.5, 0.6) is 0 Å². The Labute approximate surface area is 109 Å². The number of amides is 1. The monoisotopic (exact) mass is 330 g/mol. The Morgan fingerprint density at radius 2 is 2.31 bits per heavy atom.